The summed E-state index contributed by atoms with van der Waals surface area (Å²) in [7, 11) is 0. The smallest absolute Gasteiger partial charge is 0.323 e. The second kappa shape index (κ2) is 10.1. The first kappa shape index (κ1) is 20.9. The van der Waals surface area contributed by atoms with Crippen LogP contribution in [-0.4, -0.2) is 18.5 Å². The molecule has 0 radical (unpaired) electrons. The van der Waals surface area contributed by atoms with E-state index in [0.29, 0.717) is 23.7 Å². The fourth-order valence-electron chi connectivity index (χ4n) is 2.74. The molecule has 3 rings (SSSR count). The number of hydrogen-bond donors (Lipinski definition) is 3. The minimum atomic E-state index is -0.332. The predicted molar refractivity (Wildman–Crippen MR) is 120 cm³/mol. The molecule has 0 fully saturated rings. The SMILES string of the molecule is Cc1ccc(OCCC(=O)Nc2ccc(NC(=O)Nc3ccccc3)cc2)cc1C. The highest BCUT2D eigenvalue weighted by atomic mass is 16.5. The van der Waals surface area contributed by atoms with E-state index >= 15 is 0 Å². The lowest BCUT2D eigenvalue weighted by atomic mass is 10.1. The van der Waals surface area contributed by atoms with Gasteiger partial charge < -0.3 is 20.7 Å². The summed E-state index contributed by atoms with van der Waals surface area (Å²) >= 11 is 0. The second-order valence-electron chi connectivity index (χ2n) is 6.92. The van der Waals surface area contributed by atoms with Gasteiger partial charge in [0.2, 0.25) is 5.91 Å². The van der Waals surface area contributed by atoms with E-state index in [0.717, 1.165) is 11.3 Å². The van der Waals surface area contributed by atoms with Crippen LogP contribution in [0.15, 0.2) is 72.8 Å². The van der Waals surface area contributed by atoms with Crippen LogP contribution in [0, 0.1) is 13.8 Å². The minimum Gasteiger partial charge on any atom is -0.493 e. The van der Waals surface area contributed by atoms with Gasteiger partial charge in [-0.05, 0) is 73.5 Å². The Bertz CT molecular complexity index is 1000. The number of nitrogens with one attached hydrogen (secondary N) is 3. The van der Waals surface area contributed by atoms with Crippen LogP contribution in [0.2, 0.25) is 0 Å². The molecular weight excluding hydrogens is 378 g/mol. The van der Waals surface area contributed by atoms with Crippen molar-refractivity contribution in [3.8, 4) is 5.75 Å². The molecular formula is C24H25N3O3. The highest BCUT2D eigenvalue weighted by Crippen LogP contribution is 2.17. The third kappa shape index (κ3) is 6.38. The number of para-hydroxylation sites is 1. The van der Waals surface area contributed by atoms with E-state index in [-0.39, 0.29) is 18.4 Å². The van der Waals surface area contributed by atoms with Gasteiger partial charge in [0, 0.05) is 17.1 Å². The van der Waals surface area contributed by atoms with E-state index in [2.05, 4.69) is 16.0 Å². The molecule has 0 unspecified atom stereocenters. The molecule has 0 aliphatic rings. The van der Waals surface area contributed by atoms with Gasteiger partial charge in [-0.15, -0.1) is 0 Å². The summed E-state index contributed by atoms with van der Waals surface area (Å²) in [6, 6.07) is 21.7. The first-order valence-electron chi connectivity index (χ1n) is 9.72. The third-order valence-corrected chi connectivity index (χ3v) is 4.53. The highest BCUT2D eigenvalue weighted by molar-refractivity contribution is 6.00. The van der Waals surface area contributed by atoms with Crippen molar-refractivity contribution < 1.29 is 14.3 Å². The van der Waals surface area contributed by atoms with Gasteiger partial charge in [0.15, 0.2) is 0 Å². The van der Waals surface area contributed by atoms with Crippen molar-refractivity contribution in [2.45, 2.75) is 20.3 Å². The average Bonchev–Trinajstić information content (AvgIpc) is 2.73. The van der Waals surface area contributed by atoms with Crippen LogP contribution in [0.5, 0.6) is 5.75 Å². The monoisotopic (exact) mass is 403 g/mol. The third-order valence-electron chi connectivity index (χ3n) is 4.53. The maximum Gasteiger partial charge on any atom is 0.323 e. The van der Waals surface area contributed by atoms with Crippen LogP contribution in [0.4, 0.5) is 21.9 Å². The molecule has 154 valence electrons. The van der Waals surface area contributed by atoms with Gasteiger partial charge in [-0.3, -0.25) is 4.79 Å². The van der Waals surface area contributed by atoms with Crippen molar-refractivity contribution in [2.24, 2.45) is 0 Å². The maximum absolute atomic E-state index is 12.1. The summed E-state index contributed by atoms with van der Waals surface area (Å²) in [4.78, 5) is 24.1. The van der Waals surface area contributed by atoms with Crippen LogP contribution >= 0.6 is 0 Å². The first-order chi connectivity index (χ1) is 14.5. The summed E-state index contributed by atoms with van der Waals surface area (Å²) in [6.07, 6.45) is 0.242. The minimum absolute atomic E-state index is 0.138. The lowest BCUT2D eigenvalue weighted by Crippen LogP contribution is -2.19. The van der Waals surface area contributed by atoms with Gasteiger partial charge in [-0.2, -0.15) is 0 Å². The van der Waals surface area contributed by atoms with Crippen LogP contribution in [0.25, 0.3) is 0 Å². The molecule has 0 aliphatic heterocycles. The number of hydrogen-bond acceptors (Lipinski definition) is 3. The molecule has 6 heteroatoms. The predicted octanol–water partition coefficient (Wildman–Crippen LogP) is 5.36. The zero-order chi connectivity index (χ0) is 21.3. The molecule has 0 aromatic heterocycles. The summed E-state index contributed by atoms with van der Waals surface area (Å²) in [5.41, 5.74) is 4.35. The van der Waals surface area contributed by atoms with E-state index in [1.807, 2.05) is 62.4 Å². The van der Waals surface area contributed by atoms with Crippen LogP contribution in [-0.2, 0) is 4.79 Å². The Morgan fingerprint density at radius 1 is 0.733 bits per heavy atom. The number of amides is 3. The quantitative estimate of drug-likeness (QED) is 0.497. The summed E-state index contributed by atoms with van der Waals surface area (Å²) < 4.78 is 5.65. The number of benzene rings is 3. The molecule has 0 heterocycles. The van der Waals surface area contributed by atoms with E-state index in [4.69, 9.17) is 4.74 Å². The fraction of sp³-hybridized carbons (Fsp3) is 0.167. The lowest BCUT2D eigenvalue weighted by molar-refractivity contribution is -0.116. The molecule has 0 aliphatic carbocycles. The van der Waals surface area contributed by atoms with Gasteiger partial charge in [0.25, 0.3) is 0 Å². The normalized spacial score (nSPS) is 10.2. The molecule has 0 saturated carbocycles. The number of anilines is 3. The summed E-state index contributed by atoms with van der Waals surface area (Å²) in [6.45, 7) is 4.37. The van der Waals surface area contributed by atoms with E-state index in [9.17, 15) is 9.59 Å². The molecule has 0 saturated heterocycles. The van der Waals surface area contributed by atoms with Gasteiger partial charge in [0.1, 0.15) is 5.75 Å². The van der Waals surface area contributed by atoms with Crippen molar-refractivity contribution in [1.29, 1.82) is 0 Å². The molecule has 0 spiro atoms. The van der Waals surface area contributed by atoms with Gasteiger partial charge in [-0.25, -0.2) is 4.79 Å². The van der Waals surface area contributed by atoms with E-state index in [1.54, 1.807) is 24.3 Å². The Morgan fingerprint density at radius 3 is 1.97 bits per heavy atom. The van der Waals surface area contributed by atoms with Crippen molar-refractivity contribution >= 4 is 29.0 Å². The Hall–Kier alpha value is -3.80. The summed E-state index contributed by atoms with van der Waals surface area (Å²) in [5, 5.41) is 8.32. The van der Waals surface area contributed by atoms with Crippen LogP contribution in [0.3, 0.4) is 0 Å². The van der Waals surface area contributed by atoms with Crippen LogP contribution in [0.1, 0.15) is 17.5 Å². The molecule has 3 aromatic rings. The first-order valence-corrected chi connectivity index (χ1v) is 9.72. The number of rotatable bonds is 7. The van der Waals surface area contributed by atoms with Gasteiger partial charge in [0.05, 0.1) is 13.0 Å². The Balaban J connectivity index is 1.42. The maximum atomic E-state index is 12.1. The molecule has 6 nitrogen and oxygen atoms in total. The van der Waals surface area contributed by atoms with Crippen molar-refractivity contribution in [1.82, 2.24) is 0 Å². The number of ether oxygens (including phenoxy) is 1. The van der Waals surface area contributed by atoms with E-state index < -0.39 is 0 Å². The number of aryl methyl sites for hydroxylation is 2. The van der Waals surface area contributed by atoms with Crippen LogP contribution < -0.4 is 20.7 Å². The Kier molecular flexibility index (Phi) is 7.05. The molecule has 0 bridgehead atoms. The Morgan fingerprint density at radius 2 is 1.33 bits per heavy atom. The average molecular weight is 403 g/mol. The number of carbonyl (C=O) groups excluding carboxylic acids is 2. The lowest BCUT2D eigenvalue weighted by Gasteiger charge is -2.10. The van der Waals surface area contributed by atoms with Crippen molar-refractivity contribution in [3.05, 3.63) is 83.9 Å². The summed E-state index contributed by atoms with van der Waals surface area (Å²) in [5.74, 6) is 0.622. The standard InChI is InChI=1S/C24H25N3O3/c1-17-8-13-22(16-18(17)2)30-15-14-23(28)25-20-9-11-21(12-10-20)27-24(29)26-19-6-4-3-5-7-19/h3-13,16H,14-15H2,1-2H3,(H,25,28)(H2,26,27,29). The van der Waals surface area contributed by atoms with Gasteiger partial charge in [-0.1, -0.05) is 24.3 Å². The van der Waals surface area contributed by atoms with E-state index in [1.165, 1.54) is 5.56 Å². The van der Waals surface area contributed by atoms with Gasteiger partial charge >= 0.3 is 6.03 Å². The number of carbonyl (C=O) groups is 2. The topological polar surface area (TPSA) is 79.5 Å². The Labute approximate surface area is 176 Å². The zero-order valence-electron chi connectivity index (χ0n) is 17.1. The second-order valence-corrected chi connectivity index (χ2v) is 6.92. The molecule has 0 atom stereocenters. The largest absolute Gasteiger partial charge is 0.493 e. The van der Waals surface area contributed by atoms with Crippen molar-refractivity contribution in [2.75, 3.05) is 22.6 Å². The van der Waals surface area contributed by atoms with Crippen molar-refractivity contribution in [3.63, 3.8) is 0 Å². The zero-order valence-corrected chi connectivity index (χ0v) is 17.1. The fourth-order valence-corrected chi connectivity index (χ4v) is 2.74. The molecule has 30 heavy (non-hydrogen) atoms. The molecule has 3 N–H and O–H groups in total. The molecule has 3 amide bonds. The highest BCUT2D eigenvalue weighted by Gasteiger charge is 2.06. The number of urea groups is 1. The molecule has 3 aromatic carbocycles.